The van der Waals surface area contributed by atoms with Crippen molar-refractivity contribution >= 4 is 32.7 Å². The second-order valence-corrected chi connectivity index (χ2v) is 4.98. The molecule has 5 heteroatoms. The summed E-state index contributed by atoms with van der Waals surface area (Å²) in [5.74, 6) is 0.683. The molecule has 19 heavy (non-hydrogen) atoms. The molecule has 0 saturated carbocycles. The molecule has 0 spiro atoms. The van der Waals surface area contributed by atoms with Gasteiger partial charge in [-0.05, 0) is 52.3 Å². The molecular weight excluding hydrogens is 306 g/mol. The molecule has 0 aliphatic heterocycles. The molecule has 0 fully saturated rings. The number of hydrogen-bond donors (Lipinski definition) is 2. The van der Waals surface area contributed by atoms with Crippen LogP contribution >= 0.6 is 15.9 Å². The second-order valence-electron chi connectivity index (χ2n) is 4.13. The van der Waals surface area contributed by atoms with E-state index in [1.165, 1.54) is 0 Å². The minimum atomic E-state index is 0.229. The van der Waals surface area contributed by atoms with Crippen LogP contribution in [0.5, 0.6) is 5.75 Å². The van der Waals surface area contributed by atoms with E-state index < -0.39 is 0 Å². The van der Waals surface area contributed by atoms with Crippen LogP contribution in [0, 0.1) is 0 Å². The average molecular weight is 316 g/mol. The molecule has 0 aliphatic rings. The zero-order valence-electron chi connectivity index (χ0n) is 9.84. The molecule has 94 valence electrons. The van der Waals surface area contributed by atoms with Crippen molar-refractivity contribution in [3.63, 3.8) is 0 Å². The van der Waals surface area contributed by atoms with Gasteiger partial charge in [0.05, 0.1) is 15.7 Å². The van der Waals surface area contributed by atoms with E-state index in [0.29, 0.717) is 5.82 Å². The number of benzene rings is 1. The number of rotatable bonds is 1. The summed E-state index contributed by atoms with van der Waals surface area (Å²) in [5.41, 5.74) is 8.30. The lowest BCUT2D eigenvalue weighted by Gasteiger charge is -2.07. The smallest absolute Gasteiger partial charge is 0.138 e. The van der Waals surface area contributed by atoms with Crippen molar-refractivity contribution in [1.29, 1.82) is 0 Å². The van der Waals surface area contributed by atoms with Crippen LogP contribution in [-0.4, -0.2) is 15.1 Å². The van der Waals surface area contributed by atoms with Crippen LogP contribution in [0.15, 0.2) is 47.1 Å². The van der Waals surface area contributed by atoms with Gasteiger partial charge in [0.2, 0.25) is 0 Å². The lowest BCUT2D eigenvalue weighted by molar-refractivity contribution is 0.475. The highest BCUT2D eigenvalue weighted by atomic mass is 79.9. The maximum atomic E-state index is 9.34. The molecule has 3 N–H and O–H groups in total. The largest absolute Gasteiger partial charge is 0.508 e. The van der Waals surface area contributed by atoms with Crippen LogP contribution in [0.1, 0.15) is 0 Å². The highest BCUT2D eigenvalue weighted by Crippen LogP contribution is 2.30. The Kier molecular flexibility index (Phi) is 2.83. The topological polar surface area (TPSA) is 72.0 Å². The summed E-state index contributed by atoms with van der Waals surface area (Å²) in [6, 6.07) is 10.6. The minimum absolute atomic E-state index is 0.229. The van der Waals surface area contributed by atoms with Crippen molar-refractivity contribution in [2.45, 2.75) is 0 Å². The number of nitrogen functional groups attached to an aromatic ring is 1. The Hall–Kier alpha value is -2.14. The van der Waals surface area contributed by atoms with Gasteiger partial charge in [0.25, 0.3) is 0 Å². The van der Waals surface area contributed by atoms with Crippen LogP contribution < -0.4 is 5.73 Å². The molecule has 2 aromatic heterocycles. The highest BCUT2D eigenvalue weighted by Gasteiger charge is 2.08. The fourth-order valence-electron chi connectivity index (χ4n) is 1.94. The van der Waals surface area contributed by atoms with Crippen molar-refractivity contribution in [3.05, 3.63) is 47.1 Å². The van der Waals surface area contributed by atoms with Gasteiger partial charge in [-0.15, -0.1) is 0 Å². The van der Waals surface area contributed by atoms with E-state index in [4.69, 9.17) is 5.73 Å². The predicted molar refractivity (Wildman–Crippen MR) is 78.8 cm³/mol. The Morgan fingerprint density at radius 2 is 1.84 bits per heavy atom. The molecule has 3 aromatic rings. The van der Waals surface area contributed by atoms with Crippen LogP contribution in [-0.2, 0) is 0 Å². The van der Waals surface area contributed by atoms with E-state index in [0.717, 1.165) is 26.6 Å². The first kappa shape index (κ1) is 11.9. The fourth-order valence-corrected chi connectivity index (χ4v) is 2.25. The number of phenolic OH excluding ortho intramolecular Hbond substituents is 1. The van der Waals surface area contributed by atoms with Crippen molar-refractivity contribution < 1.29 is 5.11 Å². The van der Waals surface area contributed by atoms with Crippen molar-refractivity contribution in [2.75, 3.05) is 5.73 Å². The third-order valence-electron chi connectivity index (χ3n) is 2.86. The molecular formula is C14H10BrN3O. The van der Waals surface area contributed by atoms with Crippen molar-refractivity contribution in [1.82, 2.24) is 9.97 Å². The molecule has 4 nitrogen and oxygen atoms in total. The first-order chi connectivity index (χ1) is 9.15. The van der Waals surface area contributed by atoms with Gasteiger partial charge in [-0.1, -0.05) is 0 Å². The number of pyridine rings is 2. The van der Waals surface area contributed by atoms with Gasteiger partial charge in [-0.25, -0.2) is 4.98 Å². The molecule has 0 aliphatic carbocycles. The van der Waals surface area contributed by atoms with Crippen LogP contribution in [0.25, 0.3) is 22.2 Å². The first-order valence-electron chi connectivity index (χ1n) is 5.65. The van der Waals surface area contributed by atoms with E-state index >= 15 is 0 Å². The third-order valence-corrected chi connectivity index (χ3v) is 3.50. The lowest BCUT2D eigenvalue weighted by Crippen LogP contribution is -1.94. The number of hydrogen-bond acceptors (Lipinski definition) is 4. The van der Waals surface area contributed by atoms with Gasteiger partial charge in [-0.3, -0.25) is 4.98 Å². The Labute approximate surface area is 118 Å². The summed E-state index contributed by atoms with van der Waals surface area (Å²) in [6.07, 6.45) is 1.70. The number of aromatic hydroxyl groups is 1. The number of fused-ring (bicyclic) bond motifs is 1. The molecule has 2 heterocycles. The highest BCUT2D eigenvalue weighted by molar-refractivity contribution is 9.10. The van der Waals surface area contributed by atoms with Crippen molar-refractivity contribution in [3.8, 4) is 17.0 Å². The molecule has 0 amide bonds. The number of anilines is 1. The first-order valence-corrected chi connectivity index (χ1v) is 6.44. The van der Waals surface area contributed by atoms with E-state index in [2.05, 4.69) is 25.9 Å². The Bertz CT molecular complexity index is 756. The summed E-state index contributed by atoms with van der Waals surface area (Å²) in [4.78, 5) is 8.71. The van der Waals surface area contributed by atoms with Gasteiger partial charge >= 0.3 is 0 Å². The van der Waals surface area contributed by atoms with E-state index in [1.54, 1.807) is 18.3 Å². The van der Waals surface area contributed by atoms with Gasteiger partial charge < -0.3 is 10.8 Å². The molecule has 0 bridgehead atoms. The zero-order valence-corrected chi connectivity index (χ0v) is 11.4. The lowest BCUT2D eigenvalue weighted by atomic mass is 10.1. The third kappa shape index (κ3) is 2.13. The van der Waals surface area contributed by atoms with Gasteiger partial charge in [0.1, 0.15) is 11.6 Å². The minimum Gasteiger partial charge on any atom is -0.508 e. The second kappa shape index (κ2) is 4.51. The summed E-state index contributed by atoms with van der Waals surface area (Å²) in [7, 11) is 0. The molecule has 3 rings (SSSR count). The van der Waals surface area contributed by atoms with E-state index in [1.807, 2.05) is 24.3 Å². The van der Waals surface area contributed by atoms with E-state index in [-0.39, 0.29) is 5.75 Å². The van der Waals surface area contributed by atoms with Gasteiger partial charge in [0.15, 0.2) is 0 Å². The number of halogens is 1. The van der Waals surface area contributed by atoms with Gasteiger partial charge in [-0.2, -0.15) is 0 Å². The zero-order chi connectivity index (χ0) is 13.4. The van der Waals surface area contributed by atoms with Crippen LogP contribution in [0.4, 0.5) is 5.82 Å². The summed E-state index contributed by atoms with van der Waals surface area (Å²) in [5, 5.41) is 10.3. The predicted octanol–water partition coefficient (Wildman–Crippen LogP) is 3.35. The van der Waals surface area contributed by atoms with Crippen molar-refractivity contribution in [2.24, 2.45) is 0 Å². The Morgan fingerprint density at radius 1 is 1.11 bits per heavy atom. The number of nitrogens with two attached hydrogens (primary N) is 1. The Balaban J connectivity index is 2.29. The maximum absolute atomic E-state index is 9.34. The molecule has 1 aromatic carbocycles. The number of phenols is 1. The molecule has 0 radical (unpaired) electrons. The quantitative estimate of drug-likeness (QED) is 0.722. The van der Waals surface area contributed by atoms with Gasteiger partial charge in [0, 0.05) is 17.1 Å². The average Bonchev–Trinajstić information content (AvgIpc) is 2.41. The normalized spacial score (nSPS) is 10.8. The number of nitrogens with zero attached hydrogens (tertiary/aromatic N) is 2. The van der Waals surface area contributed by atoms with Crippen LogP contribution in [0.2, 0.25) is 0 Å². The molecule has 0 saturated heterocycles. The SMILES string of the molecule is Nc1nc2ccnc(-c3ccc(O)cc3)c2cc1Br. The fraction of sp³-hybridized carbons (Fsp3) is 0. The summed E-state index contributed by atoms with van der Waals surface area (Å²) >= 11 is 3.38. The Morgan fingerprint density at radius 3 is 2.58 bits per heavy atom. The molecule has 0 unspecified atom stereocenters. The standard InChI is InChI=1S/C14H10BrN3O/c15-11-7-10-12(18-14(11)16)5-6-17-13(10)8-1-3-9(19)4-2-8/h1-7,19H,(H2,16,18). The van der Waals surface area contributed by atoms with E-state index in [9.17, 15) is 5.11 Å². The summed E-state index contributed by atoms with van der Waals surface area (Å²) in [6.45, 7) is 0. The number of aromatic nitrogens is 2. The van der Waals surface area contributed by atoms with Crippen LogP contribution in [0.3, 0.4) is 0 Å². The summed E-state index contributed by atoms with van der Waals surface area (Å²) < 4.78 is 0.744. The monoisotopic (exact) mass is 315 g/mol. The maximum Gasteiger partial charge on any atom is 0.138 e. The molecule has 0 atom stereocenters.